The lowest BCUT2D eigenvalue weighted by molar-refractivity contribution is 0.0934. The molecule has 3 unspecified atom stereocenters. The lowest BCUT2D eigenvalue weighted by atomic mass is 9.97. The van der Waals surface area contributed by atoms with Crippen molar-refractivity contribution in [3.8, 4) is 0 Å². The highest BCUT2D eigenvalue weighted by atomic mass is 35.5. The third-order valence-corrected chi connectivity index (χ3v) is 6.20. The minimum absolute atomic E-state index is 0. The minimum atomic E-state index is -0.113. The van der Waals surface area contributed by atoms with E-state index in [-0.39, 0.29) is 30.5 Å². The number of nitrogens with one attached hydrogen (secondary N) is 2. The molecule has 4 rings (SSSR count). The fourth-order valence-corrected chi connectivity index (χ4v) is 5.03. The number of fused-ring (bicyclic) bond motifs is 1. The van der Waals surface area contributed by atoms with Gasteiger partial charge in [0.25, 0.3) is 5.91 Å². The Morgan fingerprint density at radius 1 is 1.20 bits per heavy atom. The molecule has 4 nitrogen and oxygen atoms in total. The quantitative estimate of drug-likeness (QED) is 0.769. The van der Waals surface area contributed by atoms with E-state index in [4.69, 9.17) is 0 Å². The molecule has 1 aromatic rings. The van der Waals surface area contributed by atoms with Crippen LogP contribution in [-0.2, 0) is 6.42 Å². The van der Waals surface area contributed by atoms with Crippen LogP contribution in [0.5, 0.6) is 0 Å². The van der Waals surface area contributed by atoms with Gasteiger partial charge >= 0.3 is 0 Å². The van der Waals surface area contributed by atoms with Crippen LogP contribution >= 0.6 is 12.4 Å². The monoisotopic (exact) mass is 364 g/mol. The maximum absolute atomic E-state index is 12.6. The number of halogens is 1. The van der Waals surface area contributed by atoms with Crippen molar-refractivity contribution in [2.75, 3.05) is 13.1 Å². The van der Waals surface area contributed by atoms with Crippen LogP contribution in [0.2, 0.25) is 0 Å². The molecule has 0 bridgehead atoms. The van der Waals surface area contributed by atoms with Crippen LogP contribution in [-0.4, -0.2) is 36.2 Å². The first-order valence-electron chi connectivity index (χ1n) is 9.46. The molecule has 0 radical (unpaired) electrons. The smallest absolute Gasteiger partial charge is 0.251 e. The van der Waals surface area contributed by atoms with Crippen LogP contribution in [0.25, 0.3) is 0 Å². The van der Waals surface area contributed by atoms with Gasteiger partial charge < -0.3 is 15.7 Å². The number of aliphatic hydroxyl groups excluding tert-OH is 1. The lowest BCUT2D eigenvalue weighted by Gasteiger charge is -2.15. The number of benzene rings is 1. The summed E-state index contributed by atoms with van der Waals surface area (Å²) in [7, 11) is 0. The number of hydrogen-bond donors (Lipinski definition) is 3. The average Bonchev–Trinajstić information content (AvgIpc) is 3.24. The summed E-state index contributed by atoms with van der Waals surface area (Å²) in [6.45, 7) is 2.21. The van der Waals surface area contributed by atoms with E-state index in [1.807, 2.05) is 12.1 Å². The summed E-state index contributed by atoms with van der Waals surface area (Å²) in [6.07, 6.45) is 6.07. The zero-order chi connectivity index (χ0) is 16.5. The van der Waals surface area contributed by atoms with E-state index in [9.17, 15) is 9.90 Å². The highest BCUT2D eigenvalue weighted by Crippen LogP contribution is 2.44. The first-order valence-corrected chi connectivity index (χ1v) is 9.46. The summed E-state index contributed by atoms with van der Waals surface area (Å²) in [5.41, 5.74) is 2.05. The molecular weight excluding hydrogens is 336 g/mol. The van der Waals surface area contributed by atoms with Crippen molar-refractivity contribution < 1.29 is 9.90 Å². The standard InChI is InChI=1S/C20H28N2O2.ClH/c23-19-10-16-8-18(9-17(16)11-19)22-20(24)15-3-1-2-13(7-15)6-14-4-5-21-12-14;/h1-3,7,14,16-19,21,23H,4-6,8-12H2,(H,22,24);1H/t14?,16-,17+,18?,19?;. The number of carbonyl (C=O) groups is 1. The van der Waals surface area contributed by atoms with Crippen LogP contribution in [0, 0.1) is 17.8 Å². The van der Waals surface area contributed by atoms with Gasteiger partial charge in [0.05, 0.1) is 6.10 Å². The molecule has 3 aliphatic rings. The van der Waals surface area contributed by atoms with Gasteiger partial charge in [0.1, 0.15) is 0 Å². The summed E-state index contributed by atoms with van der Waals surface area (Å²) in [4.78, 5) is 12.6. The second-order valence-corrected chi connectivity index (χ2v) is 8.05. The number of rotatable bonds is 4. The SMILES string of the molecule is Cl.O=C(NC1C[C@H]2CC(O)C[C@H]2C1)c1cccc(CC2CCNC2)c1. The lowest BCUT2D eigenvalue weighted by Crippen LogP contribution is -2.33. The van der Waals surface area contributed by atoms with Crippen molar-refractivity contribution in [2.45, 2.75) is 50.7 Å². The molecule has 1 saturated heterocycles. The summed E-state index contributed by atoms with van der Waals surface area (Å²) in [5.74, 6) is 1.97. The van der Waals surface area contributed by atoms with Crippen molar-refractivity contribution in [2.24, 2.45) is 17.8 Å². The van der Waals surface area contributed by atoms with Crippen LogP contribution in [0.3, 0.4) is 0 Å². The zero-order valence-electron chi connectivity index (χ0n) is 14.6. The molecule has 1 aromatic carbocycles. The summed E-state index contributed by atoms with van der Waals surface area (Å²) >= 11 is 0. The van der Waals surface area contributed by atoms with Gasteiger partial charge in [-0.05, 0) is 87.1 Å². The third-order valence-electron chi connectivity index (χ3n) is 6.20. The fraction of sp³-hybridized carbons (Fsp3) is 0.650. The van der Waals surface area contributed by atoms with E-state index in [0.717, 1.165) is 50.8 Å². The molecule has 1 aliphatic heterocycles. The van der Waals surface area contributed by atoms with Crippen molar-refractivity contribution >= 4 is 18.3 Å². The minimum Gasteiger partial charge on any atom is -0.393 e. The Balaban J connectivity index is 0.00000182. The van der Waals surface area contributed by atoms with E-state index in [2.05, 4.69) is 22.8 Å². The Labute approximate surface area is 156 Å². The number of carbonyl (C=O) groups excluding carboxylic acids is 1. The van der Waals surface area contributed by atoms with Crippen molar-refractivity contribution in [1.82, 2.24) is 10.6 Å². The first-order chi connectivity index (χ1) is 11.7. The predicted octanol–water partition coefficient (Wildman–Crippen LogP) is 2.54. The molecule has 1 amide bonds. The molecule has 138 valence electrons. The molecule has 25 heavy (non-hydrogen) atoms. The van der Waals surface area contributed by atoms with Crippen molar-refractivity contribution in [3.05, 3.63) is 35.4 Å². The molecular formula is C20H29ClN2O2. The Bertz CT molecular complexity index is 589. The fourth-order valence-electron chi connectivity index (χ4n) is 5.03. The molecule has 5 atom stereocenters. The van der Waals surface area contributed by atoms with E-state index in [1.54, 1.807) is 0 Å². The predicted molar refractivity (Wildman–Crippen MR) is 101 cm³/mol. The van der Waals surface area contributed by atoms with Crippen molar-refractivity contribution in [1.29, 1.82) is 0 Å². The van der Waals surface area contributed by atoms with Crippen molar-refractivity contribution in [3.63, 3.8) is 0 Å². The van der Waals surface area contributed by atoms with Gasteiger partial charge in [-0.2, -0.15) is 0 Å². The number of hydrogen-bond acceptors (Lipinski definition) is 3. The number of amides is 1. The molecule has 3 N–H and O–H groups in total. The third kappa shape index (κ3) is 4.36. The maximum Gasteiger partial charge on any atom is 0.251 e. The molecule has 3 fully saturated rings. The highest BCUT2D eigenvalue weighted by molar-refractivity contribution is 5.94. The molecule has 2 saturated carbocycles. The highest BCUT2D eigenvalue weighted by Gasteiger charge is 2.41. The van der Waals surface area contributed by atoms with Gasteiger partial charge in [-0.1, -0.05) is 12.1 Å². The molecule has 1 heterocycles. The van der Waals surface area contributed by atoms with Gasteiger partial charge in [0.2, 0.25) is 0 Å². The van der Waals surface area contributed by atoms with E-state index in [0.29, 0.717) is 17.8 Å². The van der Waals surface area contributed by atoms with Gasteiger partial charge in [-0.25, -0.2) is 0 Å². The van der Waals surface area contributed by atoms with Gasteiger partial charge in [-0.3, -0.25) is 4.79 Å². The number of aliphatic hydroxyl groups is 1. The largest absolute Gasteiger partial charge is 0.393 e. The van der Waals surface area contributed by atoms with Crippen LogP contribution in [0.15, 0.2) is 24.3 Å². The Kier molecular flexibility index (Phi) is 6.03. The van der Waals surface area contributed by atoms with E-state index < -0.39 is 0 Å². The Morgan fingerprint density at radius 3 is 2.64 bits per heavy atom. The van der Waals surface area contributed by atoms with E-state index in [1.165, 1.54) is 12.0 Å². The van der Waals surface area contributed by atoms with Gasteiger partial charge in [-0.15, -0.1) is 12.4 Å². The Hall–Kier alpha value is -1.10. The second-order valence-electron chi connectivity index (χ2n) is 8.05. The normalized spacial score (nSPS) is 33.7. The van der Waals surface area contributed by atoms with E-state index >= 15 is 0 Å². The van der Waals surface area contributed by atoms with Crippen LogP contribution < -0.4 is 10.6 Å². The molecule has 5 heteroatoms. The van der Waals surface area contributed by atoms with Gasteiger partial charge in [0, 0.05) is 11.6 Å². The molecule has 0 spiro atoms. The summed E-state index contributed by atoms with van der Waals surface area (Å²) < 4.78 is 0. The van der Waals surface area contributed by atoms with Crippen LogP contribution in [0.4, 0.5) is 0 Å². The molecule has 2 aliphatic carbocycles. The Morgan fingerprint density at radius 2 is 1.96 bits per heavy atom. The van der Waals surface area contributed by atoms with Crippen LogP contribution in [0.1, 0.15) is 48.0 Å². The second kappa shape index (κ2) is 8.07. The maximum atomic E-state index is 12.6. The zero-order valence-corrected chi connectivity index (χ0v) is 15.4. The van der Waals surface area contributed by atoms with Gasteiger partial charge in [0.15, 0.2) is 0 Å². The summed E-state index contributed by atoms with van der Waals surface area (Å²) in [6, 6.07) is 8.41. The average molecular weight is 365 g/mol. The molecule has 0 aromatic heterocycles. The topological polar surface area (TPSA) is 61.4 Å². The summed E-state index contributed by atoms with van der Waals surface area (Å²) in [5, 5.41) is 16.4. The first kappa shape index (κ1) is 18.7.